The summed E-state index contributed by atoms with van der Waals surface area (Å²) in [5.41, 5.74) is 0. The number of hydrogen-bond donors (Lipinski definition) is 1. The molecular weight excluding hydrogens is 250 g/mol. The maximum Gasteiger partial charge on any atom is 0.310 e. The van der Waals surface area contributed by atoms with E-state index < -0.39 is 5.97 Å². The highest BCUT2D eigenvalue weighted by molar-refractivity contribution is 7.16. The van der Waals surface area contributed by atoms with Crippen molar-refractivity contribution in [1.82, 2.24) is 9.97 Å². The average Bonchev–Trinajstić information content (AvgIpc) is 2.74. The summed E-state index contributed by atoms with van der Waals surface area (Å²) in [6, 6.07) is 2.00. The van der Waals surface area contributed by atoms with Crippen LogP contribution in [0.15, 0.2) is 11.4 Å². The van der Waals surface area contributed by atoms with Crippen molar-refractivity contribution in [2.75, 3.05) is 18.0 Å². The first-order valence-corrected chi connectivity index (χ1v) is 6.79. The van der Waals surface area contributed by atoms with E-state index in [1.165, 1.54) is 0 Å². The van der Waals surface area contributed by atoms with E-state index in [2.05, 4.69) is 9.97 Å². The smallest absolute Gasteiger partial charge is 0.310 e. The van der Waals surface area contributed by atoms with Gasteiger partial charge in [0, 0.05) is 19.5 Å². The van der Waals surface area contributed by atoms with Gasteiger partial charge in [0.2, 0.25) is 0 Å². The Balaban J connectivity index is 1.96. The summed E-state index contributed by atoms with van der Waals surface area (Å²) < 4.78 is 0. The highest BCUT2D eigenvalue weighted by Gasteiger charge is 2.34. The average molecular weight is 263 g/mol. The van der Waals surface area contributed by atoms with Crippen LogP contribution >= 0.6 is 11.3 Å². The van der Waals surface area contributed by atoms with Crippen LogP contribution < -0.4 is 4.90 Å². The van der Waals surface area contributed by atoms with Crippen molar-refractivity contribution in [3.63, 3.8) is 0 Å². The largest absolute Gasteiger partial charge is 0.481 e. The number of carbonyl (C=O) groups is 1. The zero-order valence-corrected chi connectivity index (χ0v) is 10.8. The van der Waals surface area contributed by atoms with E-state index in [0.29, 0.717) is 13.1 Å². The fourth-order valence-electron chi connectivity index (χ4n) is 2.09. The molecule has 2 aromatic rings. The molecular formula is C12H13N3O2S. The van der Waals surface area contributed by atoms with Gasteiger partial charge in [0.15, 0.2) is 0 Å². The molecule has 0 unspecified atom stereocenters. The number of thiophene rings is 1. The minimum Gasteiger partial charge on any atom is -0.481 e. The molecule has 1 aliphatic rings. The lowest BCUT2D eigenvalue weighted by Crippen LogP contribution is -2.51. The Bertz CT molecular complexity index is 604. The van der Waals surface area contributed by atoms with Crippen molar-refractivity contribution in [3.8, 4) is 0 Å². The molecule has 5 nitrogen and oxygen atoms in total. The minimum atomic E-state index is -0.724. The molecule has 1 saturated heterocycles. The highest BCUT2D eigenvalue weighted by atomic mass is 32.1. The highest BCUT2D eigenvalue weighted by Crippen LogP contribution is 2.32. The second kappa shape index (κ2) is 4.20. The summed E-state index contributed by atoms with van der Waals surface area (Å²) in [4.78, 5) is 22.9. The van der Waals surface area contributed by atoms with Crippen LogP contribution in [0.2, 0.25) is 0 Å². The second-order valence-electron chi connectivity index (χ2n) is 4.40. The normalized spacial score (nSPS) is 15.9. The van der Waals surface area contributed by atoms with Crippen molar-refractivity contribution in [3.05, 3.63) is 17.3 Å². The molecule has 3 heterocycles. The number of carboxylic acids is 1. The Hall–Kier alpha value is -1.69. The van der Waals surface area contributed by atoms with Crippen LogP contribution in [0.5, 0.6) is 0 Å². The number of aromatic nitrogens is 2. The number of rotatable bonds is 3. The summed E-state index contributed by atoms with van der Waals surface area (Å²) in [5, 5.41) is 11.9. The fraction of sp³-hybridized carbons (Fsp3) is 0.417. The standard InChI is InChI=1S/C12H13N3O2S/c1-2-9-13-10(8-3-4-18-11(8)14-9)15-5-7(6-15)12(16)17/h3-4,7H,2,5-6H2,1H3,(H,16,17). The maximum absolute atomic E-state index is 10.8. The molecule has 1 fully saturated rings. The van der Waals surface area contributed by atoms with E-state index >= 15 is 0 Å². The van der Waals surface area contributed by atoms with Gasteiger partial charge in [-0.25, -0.2) is 9.97 Å². The zero-order chi connectivity index (χ0) is 12.7. The van der Waals surface area contributed by atoms with Gasteiger partial charge in [0.1, 0.15) is 16.5 Å². The van der Waals surface area contributed by atoms with Crippen molar-refractivity contribution < 1.29 is 9.90 Å². The van der Waals surface area contributed by atoms with Gasteiger partial charge in [-0.05, 0) is 11.4 Å². The summed E-state index contributed by atoms with van der Waals surface area (Å²) in [6.07, 6.45) is 0.789. The molecule has 0 saturated carbocycles. The van der Waals surface area contributed by atoms with E-state index in [9.17, 15) is 4.79 Å². The van der Waals surface area contributed by atoms with Gasteiger partial charge in [-0.15, -0.1) is 11.3 Å². The Morgan fingerprint density at radius 2 is 2.33 bits per heavy atom. The monoisotopic (exact) mass is 263 g/mol. The summed E-state index contributed by atoms with van der Waals surface area (Å²) in [7, 11) is 0. The molecule has 18 heavy (non-hydrogen) atoms. The van der Waals surface area contributed by atoms with Gasteiger partial charge in [-0.2, -0.15) is 0 Å². The lowest BCUT2D eigenvalue weighted by molar-refractivity contribution is -0.142. The van der Waals surface area contributed by atoms with Gasteiger partial charge in [0.05, 0.1) is 11.3 Å². The van der Waals surface area contributed by atoms with E-state index in [-0.39, 0.29) is 5.92 Å². The van der Waals surface area contributed by atoms with Crippen molar-refractivity contribution in [2.24, 2.45) is 5.92 Å². The fourth-order valence-corrected chi connectivity index (χ4v) is 2.87. The van der Waals surface area contributed by atoms with Gasteiger partial charge in [-0.1, -0.05) is 6.92 Å². The molecule has 1 N–H and O–H groups in total. The molecule has 0 aromatic carbocycles. The molecule has 0 spiro atoms. The second-order valence-corrected chi connectivity index (χ2v) is 5.29. The Labute approximate surface area is 108 Å². The van der Waals surface area contributed by atoms with Crippen molar-refractivity contribution >= 4 is 33.3 Å². The van der Waals surface area contributed by atoms with Crippen LogP contribution in [0.4, 0.5) is 5.82 Å². The van der Waals surface area contributed by atoms with Crippen LogP contribution in [-0.2, 0) is 11.2 Å². The predicted molar refractivity (Wildman–Crippen MR) is 70.1 cm³/mol. The van der Waals surface area contributed by atoms with Crippen molar-refractivity contribution in [2.45, 2.75) is 13.3 Å². The van der Waals surface area contributed by atoms with Gasteiger partial charge >= 0.3 is 5.97 Å². The predicted octanol–water partition coefficient (Wildman–Crippen LogP) is 1.77. The molecule has 0 aliphatic carbocycles. The summed E-state index contributed by atoms with van der Waals surface area (Å²) in [5.74, 6) is 0.714. The molecule has 2 aromatic heterocycles. The first-order valence-electron chi connectivity index (χ1n) is 5.91. The molecule has 0 bridgehead atoms. The van der Waals surface area contributed by atoms with Crippen LogP contribution in [0.25, 0.3) is 10.2 Å². The van der Waals surface area contributed by atoms with E-state index in [0.717, 1.165) is 28.3 Å². The van der Waals surface area contributed by atoms with Crippen LogP contribution in [0, 0.1) is 5.92 Å². The number of carboxylic acid groups (broad SMARTS) is 1. The van der Waals surface area contributed by atoms with E-state index in [1.807, 2.05) is 23.3 Å². The third-order valence-corrected chi connectivity index (χ3v) is 4.00. The number of anilines is 1. The quantitative estimate of drug-likeness (QED) is 0.914. The number of aryl methyl sites for hydroxylation is 1. The molecule has 6 heteroatoms. The zero-order valence-electron chi connectivity index (χ0n) is 9.96. The SMILES string of the molecule is CCc1nc(N2CC(C(=O)O)C2)c2ccsc2n1. The first-order chi connectivity index (χ1) is 8.69. The van der Waals surface area contributed by atoms with Gasteiger partial charge < -0.3 is 10.0 Å². The number of nitrogens with zero attached hydrogens (tertiary/aromatic N) is 3. The summed E-state index contributed by atoms with van der Waals surface area (Å²) >= 11 is 1.60. The molecule has 1 aliphatic heterocycles. The van der Waals surface area contributed by atoms with Gasteiger partial charge in [-0.3, -0.25) is 4.79 Å². The molecule has 0 radical (unpaired) electrons. The molecule has 0 atom stereocenters. The van der Waals surface area contributed by atoms with Crippen molar-refractivity contribution in [1.29, 1.82) is 0 Å². The molecule has 3 rings (SSSR count). The van der Waals surface area contributed by atoms with E-state index in [1.54, 1.807) is 11.3 Å². The Kier molecular flexibility index (Phi) is 2.66. The third-order valence-electron chi connectivity index (χ3n) is 3.20. The molecule has 94 valence electrons. The van der Waals surface area contributed by atoms with Gasteiger partial charge in [0.25, 0.3) is 0 Å². The lowest BCUT2D eigenvalue weighted by Gasteiger charge is -2.38. The number of aliphatic carboxylic acids is 1. The lowest BCUT2D eigenvalue weighted by atomic mass is 10.0. The molecule has 0 amide bonds. The number of fused-ring (bicyclic) bond motifs is 1. The van der Waals surface area contributed by atoms with Crippen LogP contribution in [-0.4, -0.2) is 34.1 Å². The van der Waals surface area contributed by atoms with Crippen LogP contribution in [0.3, 0.4) is 0 Å². The third kappa shape index (κ3) is 1.73. The topological polar surface area (TPSA) is 66.3 Å². The Morgan fingerprint density at radius 3 is 3.00 bits per heavy atom. The summed E-state index contributed by atoms with van der Waals surface area (Å²) in [6.45, 7) is 3.11. The first kappa shape index (κ1) is 11.4. The maximum atomic E-state index is 10.8. The van der Waals surface area contributed by atoms with Crippen LogP contribution in [0.1, 0.15) is 12.7 Å². The Morgan fingerprint density at radius 1 is 1.56 bits per heavy atom. The minimum absolute atomic E-state index is 0.265. The van der Waals surface area contributed by atoms with E-state index in [4.69, 9.17) is 5.11 Å². The number of hydrogen-bond acceptors (Lipinski definition) is 5.